The molecule has 1 fully saturated rings. The third kappa shape index (κ3) is 1.77. The van der Waals surface area contributed by atoms with Gasteiger partial charge in [-0.2, -0.15) is 0 Å². The van der Waals surface area contributed by atoms with E-state index >= 15 is 0 Å². The molecular formula is C11H13F2N. The predicted molar refractivity (Wildman–Crippen MR) is 51.5 cm³/mol. The van der Waals surface area contributed by atoms with Gasteiger partial charge < -0.3 is 5.32 Å². The third-order valence-corrected chi connectivity index (χ3v) is 2.81. The molecule has 1 aliphatic rings. The fraction of sp³-hybridized carbons (Fsp3) is 0.455. The van der Waals surface area contributed by atoms with Crippen molar-refractivity contribution in [3.63, 3.8) is 0 Å². The molecule has 0 aromatic heterocycles. The van der Waals surface area contributed by atoms with Gasteiger partial charge >= 0.3 is 0 Å². The van der Waals surface area contributed by atoms with Gasteiger partial charge in [-0.25, -0.2) is 8.78 Å². The molecule has 1 aliphatic heterocycles. The summed E-state index contributed by atoms with van der Waals surface area (Å²) in [7, 11) is 0. The summed E-state index contributed by atoms with van der Waals surface area (Å²) in [6.07, 6.45) is -2.23. The molecule has 1 saturated heterocycles. The molecule has 0 radical (unpaired) electrons. The Labute approximate surface area is 82.1 Å². The summed E-state index contributed by atoms with van der Waals surface area (Å²) in [6.45, 7) is 1.09. The molecule has 76 valence electrons. The van der Waals surface area contributed by atoms with Crippen LogP contribution in [0.3, 0.4) is 0 Å². The van der Waals surface area contributed by atoms with Gasteiger partial charge in [0.1, 0.15) is 0 Å². The van der Waals surface area contributed by atoms with Crippen LogP contribution in [0.25, 0.3) is 0 Å². The molecule has 1 aromatic carbocycles. The van der Waals surface area contributed by atoms with Gasteiger partial charge in [0.25, 0.3) is 0 Å². The van der Waals surface area contributed by atoms with Crippen LogP contribution in [0.2, 0.25) is 0 Å². The number of nitrogens with one attached hydrogen (secondary N) is 1. The molecule has 1 heterocycles. The fourth-order valence-corrected chi connectivity index (χ4v) is 2.03. The quantitative estimate of drug-likeness (QED) is 0.766. The van der Waals surface area contributed by atoms with Crippen molar-refractivity contribution in [2.45, 2.75) is 12.3 Å². The molecule has 0 saturated carbocycles. The number of alkyl halides is 2. The zero-order valence-corrected chi connectivity index (χ0v) is 7.79. The summed E-state index contributed by atoms with van der Waals surface area (Å²) < 4.78 is 25.3. The first-order valence-electron chi connectivity index (χ1n) is 4.83. The molecule has 0 aliphatic carbocycles. The zero-order chi connectivity index (χ0) is 9.97. The number of hydrogen-bond acceptors (Lipinski definition) is 1. The highest BCUT2D eigenvalue weighted by Crippen LogP contribution is 2.31. The second kappa shape index (κ2) is 4.05. The number of halogens is 2. The summed E-state index contributed by atoms with van der Waals surface area (Å²) in [5, 5.41) is 3.02. The lowest BCUT2D eigenvalue weighted by molar-refractivity contribution is 0.0788. The van der Waals surface area contributed by atoms with E-state index in [0.717, 1.165) is 5.56 Å². The van der Waals surface area contributed by atoms with Crippen LogP contribution >= 0.6 is 0 Å². The van der Waals surface area contributed by atoms with Crippen LogP contribution in [0.4, 0.5) is 8.78 Å². The Bertz CT molecular complexity index is 287. The van der Waals surface area contributed by atoms with E-state index < -0.39 is 12.3 Å². The first-order valence-corrected chi connectivity index (χ1v) is 4.83. The van der Waals surface area contributed by atoms with Crippen LogP contribution in [-0.2, 0) is 0 Å². The SMILES string of the molecule is FC(F)[C@H]1CNC[C@@H]1c1ccccc1. The topological polar surface area (TPSA) is 12.0 Å². The van der Waals surface area contributed by atoms with Gasteiger partial charge in [-0.05, 0) is 5.56 Å². The highest BCUT2D eigenvalue weighted by molar-refractivity contribution is 5.22. The molecule has 14 heavy (non-hydrogen) atoms. The number of rotatable bonds is 2. The van der Waals surface area contributed by atoms with Crippen LogP contribution in [-0.4, -0.2) is 19.5 Å². The first-order chi connectivity index (χ1) is 6.79. The normalized spacial score (nSPS) is 27.1. The second-order valence-electron chi connectivity index (χ2n) is 3.67. The van der Waals surface area contributed by atoms with Gasteiger partial charge in [0.15, 0.2) is 0 Å². The molecule has 0 bridgehead atoms. The summed E-state index contributed by atoms with van der Waals surface area (Å²) in [6, 6.07) is 9.55. The van der Waals surface area contributed by atoms with E-state index in [1.165, 1.54) is 0 Å². The van der Waals surface area contributed by atoms with Crippen molar-refractivity contribution in [2.24, 2.45) is 5.92 Å². The molecule has 1 N–H and O–H groups in total. The first kappa shape index (κ1) is 9.59. The largest absolute Gasteiger partial charge is 0.316 e. The van der Waals surface area contributed by atoms with Crippen molar-refractivity contribution >= 4 is 0 Å². The van der Waals surface area contributed by atoms with Crippen molar-refractivity contribution in [1.82, 2.24) is 5.32 Å². The van der Waals surface area contributed by atoms with Crippen molar-refractivity contribution in [2.75, 3.05) is 13.1 Å². The van der Waals surface area contributed by atoms with E-state index in [0.29, 0.717) is 13.1 Å². The van der Waals surface area contributed by atoms with Crippen molar-refractivity contribution < 1.29 is 8.78 Å². The average molecular weight is 197 g/mol. The van der Waals surface area contributed by atoms with Gasteiger partial charge in [0.2, 0.25) is 6.43 Å². The van der Waals surface area contributed by atoms with Crippen molar-refractivity contribution in [1.29, 1.82) is 0 Å². The molecule has 2 atom stereocenters. The van der Waals surface area contributed by atoms with E-state index in [9.17, 15) is 8.78 Å². The molecule has 0 spiro atoms. The van der Waals surface area contributed by atoms with Crippen molar-refractivity contribution in [3.05, 3.63) is 35.9 Å². The zero-order valence-electron chi connectivity index (χ0n) is 7.79. The Balaban J connectivity index is 2.18. The second-order valence-corrected chi connectivity index (χ2v) is 3.67. The molecule has 1 nitrogen and oxygen atoms in total. The fourth-order valence-electron chi connectivity index (χ4n) is 2.03. The highest BCUT2D eigenvalue weighted by Gasteiger charge is 2.34. The molecule has 1 aromatic rings. The van der Waals surface area contributed by atoms with Crippen LogP contribution in [0.5, 0.6) is 0 Å². The Morgan fingerprint density at radius 3 is 2.50 bits per heavy atom. The monoisotopic (exact) mass is 197 g/mol. The lowest BCUT2D eigenvalue weighted by Crippen LogP contribution is -2.19. The minimum Gasteiger partial charge on any atom is -0.316 e. The molecule has 3 heteroatoms. The van der Waals surface area contributed by atoms with E-state index in [2.05, 4.69) is 5.32 Å². The van der Waals surface area contributed by atoms with Crippen LogP contribution in [0, 0.1) is 5.92 Å². The van der Waals surface area contributed by atoms with Crippen molar-refractivity contribution in [3.8, 4) is 0 Å². The van der Waals surface area contributed by atoms with Gasteiger partial charge in [-0.3, -0.25) is 0 Å². The maximum atomic E-state index is 12.6. The summed E-state index contributed by atoms with van der Waals surface area (Å²) >= 11 is 0. The smallest absolute Gasteiger partial charge is 0.243 e. The Morgan fingerprint density at radius 2 is 1.86 bits per heavy atom. The average Bonchev–Trinajstić information content (AvgIpc) is 2.67. The van der Waals surface area contributed by atoms with E-state index in [-0.39, 0.29) is 5.92 Å². The van der Waals surface area contributed by atoms with Gasteiger partial charge in [-0.15, -0.1) is 0 Å². The van der Waals surface area contributed by atoms with E-state index in [1.807, 2.05) is 30.3 Å². The van der Waals surface area contributed by atoms with Gasteiger partial charge in [0, 0.05) is 24.9 Å². The lowest BCUT2D eigenvalue weighted by atomic mass is 9.89. The summed E-state index contributed by atoms with van der Waals surface area (Å²) in [4.78, 5) is 0. The maximum Gasteiger partial charge on any atom is 0.243 e. The molecule has 0 unspecified atom stereocenters. The van der Waals surface area contributed by atoms with Crippen LogP contribution in [0.1, 0.15) is 11.5 Å². The molecule has 2 rings (SSSR count). The number of hydrogen-bond donors (Lipinski definition) is 1. The standard InChI is InChI=1S/C11H13F2N/c12-11(13)10-7-14-6-9(10)8-4-2-1-3-5-8/h1-5,9-11,14H,6-7H2/t9-,10+/m1/s1. The Kier molecular flexibility index (Phi) is 2.77. The third-order valence-electron chi connectivity index (χ3n) is 2.81. The predicted octanol–water partition coefficient (Wildman–Crippen LogP) is 2.25. The summed E-state index contributed by atoms with van der Waals surface area (Å²) in [5.41, 5.74) is 1.02. The minimum atomic E-state index is -2.23. The Hall–Kier alpha value is -0.960. The lowest BCUT2D eigenvalue weighted by Gasteiger charge is -2.17. The van der Waals surface area contributed by atoms with Crippen LogP contribution < -0.4 is 5.32 Å². The summed E-state index contributed by atoms with van der Waals surface area (Å²) in [5.74, 6) is -0.561. The Morgan fingerprint density at radius 1 is 1.14 bits per heavy atom. The maximum absolute atomic E-state index is 12.6. The van der Waals surface area contributed by atoms with E-state index in [1.54, 1.807) is 0 Å². The highest BCUT2D eigenvalue weighted by atomic mass is 19.3. The van der Waals surface area contributed by atoms with Gasteiger partial charge in [0.05, 0.1) is 0 Å². The molecule has 0 amide bonds. The molecular weight excluding hydrogens is 184 g/mol. The number of benzene rings is 1. The van der Waals surface area contributed by atoms with Gasteiger partial charge in [-0.1, -0.05) is 30.3 Å². The van der Waals surface area contributed by atoms with E-state index in [4.69, 9.17) is 0 Å². The minimum absolute atomic E-state index is 0.0313. The van der Waals surface area contributed by atoms with Crippen LogP contribution in [0.15, 0.2) is 30.3 Å².